The molecule has 0 heterocycles. The summed E-state index contributed by atoms with van der Waals surface area (Å²) in [6.07, 6.45) is 1.15. The Bertz CT molecular complexity index is 511. The molecule has 2 aromatic carbocycles. The molecule has 0 amide bonds. The molecule has 2 rings (SSSR count). The van der Waals surface area contributed by atoms with Gasteiger partial charge in [0.05, 0.1) is 0 Å². The van der Waals surface area contributed by atoms with Crippen molar-refractivity contribution in [3.63, 3.8) is 0 Å². The Morgan fingerprint density at radius 3 is 2.42 bits per heavy atom. The minimum Gasteiger partial charge on any atom is -0.316 e. The van der Waals surface area contributed by atoms with Crippen LogP contribution < -0.4 is 5.32 Å². The van der Waals surface area contributed by atoms with E-state index in [2.05, 4.69) is 68.6 Å². The molecule has 1 nitrogen and oxygen atoms in total. The molecule has 0 bridgehead atoms. The summed E-state index contributed by atoms with van der Waals surface area (Å²) in [6, 6.07) is 15.3. The van der Waals surface area contributed by atoms with Crippen molar-refractivity contribution in [2.45, 2.75) is 27.2 Å². The molecular formula is C18H25N. The molecule has 0 saturated heterocycles. The normalized spacial score (nSPS) is 13.1. The molecule has 1 unspecified atom stereocenters. The van der Waals surface area contributed by atoms with Gasteiger partial charge in [0, 0.05) is 0 Å². The zero-order valence-corrected chi connectivity index (χ0v) is 12.3. The molecule has 19 heavy (non-hydrogen) atoms. The average molecular weight is 255 g/mol. The first-order chi connectivity index (χ1) is 9.16. The minimum atomic E-state index is 0.671. The molecule has 0 aliphatic carbocycles. The zero-order valence-electron chi connectivity index (χ0n) is 12.3. The van der Waals surface area contributed by atoms with Crippen LogP contribution in [0.2, 0.25) is 0 Å². The van der Waals surface area contributed by atoms with Gasteiger partial charge in [0.2, 0.25) is 0 Å². The van der Waals surface area contributed by atoms with Gasteiger partial charge in [-0.3, -0.25) is 0 Å². The molecule has 0 spiro atoms. The van der Waals surface area contributed by atoms with Crippen molar-refractivity contribution in [1.29, 1.82) is 0 Å². The van der Waals surface area contributed by atoms with Crippen molar-refractivity contribution in [2.75, 3.05) is 13.1 Å². The van der Waals surface area contributed by atoms with E-state index in [-0.39, 0.29) is 0 Å². The van der Waals surface area contributed by atoms with Crippen molar-refractivity contribution in [1.82, 2.24) is 5.32 Å². The quantitative estimate of drug-likeness (QED) is 0.813. The Hall–Kier alpha value is -1.34. The van der Waals surface area contributed by atoms with Crippen LogP contribution in [0.5, 0.6) is 0 Å². The molecule has 0 saturated carbocycles. The van der Waals surface area contributed by atoms with Crippen LogP contribution in [0.3, 0.4) is 0 Å². The fraction of sp³-hybridized carbons (Fsp3) is 0.444. The summed E-state index contributed by atoms with van der Waals surface area (Å²) in [6.45, 7) is 9.04. The van der Waals surface area contributed by atoms with Crippen LogP contribution in [0.15, 0.2) is 42.5 Å². The van der Waals surface area contributed by atoms with Gasteiger partial charge < -0.3 is 5.32 Å². The first kappa shape index (κ1) is 14.1. The number of benzene rings is 2. The second-order valence-corrected chi connectivity index (χ2v) is 6.00. The van der Waals surface area contributed by atoms with Crippen LogP contribution in [0.25, 0.3) is 10.8 Å². The summed E-state index contributed by atoms with van der Waals surface area (Å²) in [7, 11) is 0. The number of hydrogen-bond acceptors (Lipinski definition) is 1. The van der Waals surface area contributed by atoms with Crippen molar-refractivity contribution in [2.24, 2.45) is 11.8 Å². The Balaban J connectivity index is 2.00. The van der Waals surface area contributed by atoms with E-state index in [0.717, 1.165) is 25.4 Å². The molecule has 0 aliphatic rings. The van der Waals surface area contributed by atoms with Crippen molar-refractivity contribution in [3.8, 4) is 0 Å². The van der Waals surface area contributed by atoms with Gasteiger partial charge in [-0.05, 0) is 47.7 Å². The number of hydrogen-bond donors (Lipinski definition) is 1. The highest BCUT2D eigenvalue weighted by molar-refractivity contribution is 5.85. The maximum absolute atomic E-state index is 3.55. The smallest absolute Gasteiger partial charge is 0.00199 e. The molecular weight excluding hydrogens is 230 g/mol. The molecule has 1 N–H and O–H groups in total. The maximum atomic E-state index is 3.55. The lowest BCUT2D eigenvalue weighted by Gasteiger charge is -2.15. The number of rotatable bonds is 6. The molecule has 0 radical (unpaired) electrons. The average Bonchev–Trinajstić information content (AvgIpc) is 2.39. The van der Waals surface area contributed by atoms with Gasteiger partial charge in [-0.1, -0.05) is 63.2 Å². The predicted molar refractivity (Wildman–Crippen MR) is 84.5 cm³/mol. The summed E-state index contributed by atoms with van der Waals surface area (Å²) in [4.78, 5) is 0. The minimum absolute atomic E-state index is 0.671. The fourth-order valence-corrected chi connectivity index (χ4v) is 2.54. The highest BCUT2D eigenvalue weighted by Gasteiger charge is 2.06. The number of fused-ring (bicyclic) bond motifs is 1. The third-order valence-corrected chi connectivity index (χ3v) is 3.49. The van der Waals surface area contributed by atoms with Gasteiger partial charge in [-0.15, -0.1) is 0 Å². The molecule has 0 fully saturated rings. The molecule has 2 aromatic rings. The highest BCUT2D eigenvalue weighted by atomic mass is 14.9. The van der Waals surface area contributed by atoms with Gasteiger partial charge in [-0.25, -0.2) is 0 Å². The van der Waals surface area contributed by atoms with E-state index < -0.39 is 0 Å². The Labute approximate surface area is 117 Å². The van der Waals surface area contributed by atoms with Crippen LogP contribution >= 0.6 is 0 Å². The lowest BCUT2D eigenvalue weighted by molar-refractivity contribution is 0.474. The van der Waals surface area contributed by atoms with E-state index in [4.69, 9.17) is 0 Å². The van der Waals surface area contributed by atoms with Gasteiger partial charge >= 0.3 is 0 Å². The van der Waals surface area contributed by atoms with E-state index in [1.54, 1.807) is 0 Å². The largest absolute Gasteiger partial charge is 0.316 e. The standard InChI is InChI=1S/C18H25N/c1-14(2)12-19-13-15(3)11-17-9-6-8-16-7-4-5-10-18(16)17/h4-10,14-15,19H,11-13H2,1-3H3. The Morgan fingerprint density at radius 1 is 0.895 bits per heavy atom. The highest BCUT2D eigenvalue weighted by Crippen LogP contribution is 2.21. The number of nitrogens with one attached hydrogen (secondary N) is 1. The summed E-state index contributed by atoms with van der Waals surface area (Å²) in [5, 5.41) is 6.31. The molecule has 1 heteroatoms. The second kappa shape index (κ2) is 6.72. The first-order valence-electron chi connectivity index (χ1n) is 7.34. The van der Waals surface area contributed by atoms with Crippen molar-refractivity contribution in [3.05, 3.63) is 48.0 Å². The van der Waals surface area contributed by atoms with Gasteiger partial charge in [-0.2, -0.15) is 0 Å². The summed E-state index contributed by atoms with van der Waals surface area (Å²) >= 11 is 0. The van der Waals surface area contributed by atoms with Crippen molar-refractivity contribution < 1.29 is 0 Å². The molecule has 1 atom stereocenters. The fourth-order valence-electron chi connectivity index (χ4n) is 2.54. The van der Waals surface area contributed by atoms with Crippen molar-refractivity contribution >= 4 is 10.8 Å². The maximum Gasteiger partial charge on any atom is -0.00199 e. The SMILES string of the molecule is CC(C)CNCC(C)Cc1cccc2ccccc12. The van der Waals surface area contributed by atoms with Crippen LogP contribution in [0.4, 0.5) is 0 Å². The Kier molecular flexibility index (Phi) is 4.98. The van der Waals surface area contributed by atoms with E-state index >= 15 is 0 Å². The topological polar surface area (TPSA) is 12.0 Å². The monoisotopic (exact) mass is 255 g/mol. The molecule has 0 aliphatic heterocycles. The van der Waals surface area contributed by atoms with Crippen LogP contribution in [0.1, 0.15) is 26.3 Å². The Morgan fingerprint density at radius 2 is 1.63 bits per heavy atom. The lowest BCUT2D eigenvalue weighted by Crippen LogP contribution is -2.26. The molecule has 102 valence electrons. The van der Waals surface area contributed by atoms with E-state index in [1.807, 2.05) is 0 Å². The zero-order chi connectivity index (χ0) is 13.7. The first-order valence-corrected chi connectivity index (χ1v) is 7.34. The van der Waals surface area contributed by atoms with Gasteiger partial charge in [0.1, 0.15) is 0 Å². The second-order valence-electron chi connectivity index (χ2n) is 6.00. The summed E-state index contributed by atoms with van der Waals surface area (Å²) in [5.74, 6) is 1.40. The van der Waals surface area contributed by atoms with Crippen LogP contribution in [0, 0.1) is 11.8 Å². The third-order valence-electron chi connectivity index (χ3n) is 3.49. The molecule has 0 aromatic heterocycles. The lowest BCUT2D eigenvalue weighted by atomic mass is 9.96. The predicted octanol–water partition coefficient (Wildman–Crippen LogP) is 4.26. The van der Waals surface area contributed by atoms with Gasteiger partial charge in [0.15, 0.2) is 0 Å². The summed E-state index contributed by atoms with van der Waals surface area (Å²) < 4.78 is 0. The van der Waals surface area contributed by atoms with Crippen LogP contribution in [-0.2, 0) is 6.42 Å². The van der Waals surface area contributed by atoms with E-state index in [1.165, 1.54) is 16.3 Å². The van der Waals surface area contributed by atoms with E-state index in [0.29, 0.717) is 5.92 Å². The van der Waals surface area contributed by atoms with E-state index in [9.17, 15) is 0 Å². The van der Waals surface area contributed by atoms with Gasteiger partial charge in [0.25, 0.3) is 0 Å². The third kappa shape index (κ3) is 4.07. The van der Waals surface area contributed by atoms with Crippen LogP contribution in [-0.4, -0.2) is 13.1 Å². The summed E-state index contributed by atoms with van der Waals surface area (Å²) in [5.41, 5.74) is 1.47.